The molecule has 10 heteroatoms. The van der Waals surface area contributed by atoms with Crippen molar-refractivity contribution in [2.45, 2.75) is 19.0 Å². The smallest absolute Gasteiger partial charge is 0.416 e. The zero-order valence-corrected chi connectivity index (χ0v) is 12.0. The number of anilines is 1. The molecule has 0 saturated carbocycles. The number of nitrogens with one attached hydrogen (secondary N) is 1. The molecule has 5 nitrogen and oxygen atoms in total. The van der Waals surface area contributed by atoms with E-state index in [2.05, 4.69) is 0 Å². The molecule has 1 aromatic carbocycles. The third kappa shape index (κ3) is 6.21. The molecule has 1 aromatic rings. The first-order chi connectivity index (χ1) is 9.49. The molecule has 0 aliphatic rings. The summed E-state index contributed by atoms with van der Waals surface area (Å²) in [5.41, 5.74) is -1.41. The van der Waals surface area contributed by atoms with Crippen molar-refractivity contribution in [1.82, 2.24) is 0 Å². The predicted molar refractivity (Wildman–Crippen MR) is 70.7 cm³/mol. The van der Waals surface area contributed by atoms with E-state index < -0.39 is 33.5 Å². The Labute approximate surface area is 123 Å². The van der Waals surface area contributed by atoms with Crippen LogP contribution in [0.1, 0.15) is 18.4 Å². The number of alkyl halides is 3. The number of sulfonamides is 1. The summed E-state index contributed by atoms with van der Waals surface area (Å²) < 4.78 is 62.9. The van der Waals surface area contributed by atoms with Gasteiger partial charge in [-0.05, 0) is 24.6 Å². The number of halogens is 4. The number of hydrogen-bond acceptors (Lipinski definition) is 3. The Kier molecular flexibility index (Phi) is 5.46. The van der Waals surface area contributed by atoms with E-state index in [0.29, 0.717) is 12.1 Å². The van der Waals surface area contributed by atoms with E-state index in [1.807, 2.05) is 4.72 Å². The number of rotatable bonds is 6. The van der Waals surface area contributed by atoms with E-state index in [-0.39, 0.29) is 23.6 Å². The van der Waals surface area contributed by atoms with Crippen LogP contribution in [0.15, 0.2) is 18.2 Å². The van der Waals surface area contributed by atoms with E-state index in [0.717, 1.165) is 6.07 Å². The minimum atomic E-state index is -4.66. The predicted octanol–water partition coefficient (Wildman–Crippen LogP) is 2.97. The monoisotopic (exact) mass is 345 g/mol. The molecule has 0 fully saturated rings. The fourth-order valence-electron chi connectivity index (χ4n) is 1.46. The average molecular weight is 346 g/mol. The molecule has 0 bridgehead atoms. The fraction of sp³-hybridized carbons (Fsp3) is 0.364. The number of carboxylic acids is 1. The lowest BCUT2D eigenvalue weighted by molar-refractivity contribution is -0.138. The van der Waals surface area contributed by atoms with E-state index >= 15 is 0 Å². The highest BCUT2D eigenvalue weighted by atomic mass is 35.5. The van der Waals surface area contributed by atoms with Gasteiger partial charge in [-0.3, -0.25) is 9.52 Å². The molecule has 0 atom stereocenters. The van der Waals surface area contributed by atoms with Crippen molar-refractivity contribution in [3.63, 3.8) is 0 Å². The zero-order chi connectivity index (χ0) is 16.3. The van der Waals surface area contributed by atoms with Crippen LogP contribution in [0.2, 0.25) is 5.02 Å². The second-order valence-corrected chi connectivity index (χ2v) is 6.42. The third-order valence-electron chi connectivity index (χ3n) is 2.30. The van der Waals surface area contributed by atoms with Gasteiger partial charge in [-0.1, -0.05) is 11.6 Å². The maximum Gasteiger partial charge on any atom is 0.416 e. The standard InChI is InChI=1S/C11H11ClF3NO4S/c12-8-4-7(11(13,14)15)5-9(6-8)16-21(19,20)3-1-2-10(17)18/h4-6,16H,1-3H2,(H,17,18). The van der Waals surface area contributed by atoms with Crippen LogP contribution >= 0.6 is 11.6 Å². The summed E-state index contributed by atoms with van der Waals surface area (Å²) >= 11 is 5.52. The Balaban J connectivity index is 2.87. The van der Waals surface area contributed by atoms with Crippen molar-refractivity contribution in [2.75, 3.05) is 10.5 Å². The number of carboxylic acid groups (broad SMARTS) is 1. The first-order valence-corrected chi connectivity index (χ1v) is 7.63. The molecule has 1 rings (SSSR count). The topological polar surface area (TPSA) is 83.5 Å². The van der Waals surface area contributed by atoms with E-state index in [9.17, 15) is 26.4 Å². The Morgan fingerprint density at radius 1 is 1.29 bits per heavy atom. The third-order valence-corrected chi connectivity index (χ3v) is 3.89. The molecule has 0 spiro atoms. The van der Waals surface area contributed by atoms with Gasteiger partial charge >= 0.3 is 12.1 Å². The van der Waals surface area contributed by atoms with Gasteiger partial charge in [0.05, 0.1) is 17.0 Å². The summed E-state index contributed by atoms with van der Waals surface area (Å²) in [6.45, 7) is 0. The van der Waals surface area contributed by atoms with Crippen LogP contribution in [0.25, 0.3) is 0 Å². The summed E-state index contributed by atoms with van der Waals surface area (Å²) in [5.74, 6) is -1.68. The summed E-state index contributed by atoms with van der Waals surface area (Å²) in [6.07, 6.45) is -5.17. The van der Waals surface area contributed by atoms with Crippen molar-refractivity contribution in [1.29, 1.82) is 0 Å². The highest BCUT2D eigenvalue weighted by molar-refractivity contribution is 7.92. The minimum Gasteiger partial charge on any atom is -0.481 e. The van der Waals surface area contributed by atoms with Gasteiger partial charge < -0.3 is 5.11 Å². The quantitative estimate of drug-likeness (QED) is 0.830. The highest BCUT2D eigenvalue weighted by Gasteiger charge is 2.31. The van der Waals surface area contributed by atoms with Crippen LogP contribution in [0, 0.1) is 0 Å². The Morgan fingerprint density at radius 2 is 1.90 bits per heavy atom. The van der Waals surface area contributed by atoms with Crippen LogP contribution in [-0.2, 0) is 21.0 Å². The molecule has 21 heavy (non-hydrogen) atoms. The molecule has 0 saturated heterocycles. The van der Waals surface area contributed by atoms with E-state index in [1.165, 1.54) is 0 Å². The normalized spacial score (nSPS) is 12.2. The number of carbonyl (C=O) groups is 1. The zero-order valence-electron chi connectivity index (χ0n) is 10.4. The molecule has 0 aromatic heterocycles. The summed E-state index contributed by atoms with van der Waals surface area (Å²) in [6, 6.07) is 2.32. The molecule has 2 N–H and O–H groups in total. The Morgan fingerprint density at radius 3 is 2.43 bits per heavy atom. The fourth-order valence-corrected chi connectivity index (χ4v) is 2.79. The minimum absolute atomic E-state index is 0.155. The lowest BCUT2D eigenvalue weighted by atomic mass is 10.2. The number of aliphatic carboxylic acids is 1. The molecule has 118 valence electrons. The molecule has 0 aliphatic carbocycles. The van der Waals surface area contributed by atoms with Gasteiger partial charge in [0.15, 0.2) is 0 Å². The van der Waals surface area contributed by atoms with E-state index in [4.69, 9.17) is 16.7 Å². The first kappa shape index (κ1) is 17.6. The molecule has 0 unspecified atom stereocenters. The average Bonchev–Trinajstić information content (AvgIpc) is 2.24. The van der Waals surface area contributed by atoms with Gasteiger partial charge in [0.25, 0.3) is 0 Å². The molecule has 0 aliphatic heterocycles. The SMILES string of the molecule is O=C(O)CCCS(=O)(=O)Nc1cc(Cl)cc(C(F)(F)F)c1. The van der Waals surface area contributed by atoms with Crippen molar-refractivity contribution in [2.24, 2.45) is 0 Å². The molecule has 0 radical (unpaired) electrons. The highest BCUT2D eigenvalue weighted by Crippen LogP contribution is 2.33. The first-order valence-electron chi connectivity index (χ1n) is 5.60. The maximum absolute atomic E-state index is 12.6. The van der Waals surface area contributed by atoms with Crippen molar-refractivity contribution < 1.29 is 31.5 Å². The van der Waals surface area contributed by atoms with E-state index in [1.54, 1.807) is 0 Å². The second-order valence-electron chi connectivity index (χ2n) is 4.14. The molecule has 0 heterocycles. The number of hydrogen-bond donors (Lipinski definition) is 2. The lowest BCUT2D eigenvalue weighted by Crippen LogP contribution is -2.18. The summed E-state index contributed by atoms with van der Waals surface area (Å²) in [7, 11) is -3.95. The second kappa shape index (κ2) is 6.52. The van der Waals surface area contributed by atoms with Gasteiger partial charge in [-0.2, -0.15) is 13.2 Å². The van der Waals surface area contributed by atoms with Crippen molar-refractivity contribution in [3.05, 3.63) is 28.8 Å². The van der Waals surface area contributed by atoms with Gasteiger partial charge in [0.2, 0.25) is 10.0 Å². The van der Waals surface area contributed by atoms with Crippen LogP contribution in [0.3, 0.4) is 0 Å². The largest absolute Gasteiger partial charge is 0.481 e. The summed E-state index contributed by atoms with van der Waals surface area (Å²) in [5, 5.41) is 8.13. The van der Waals surface area contributed by atoms with Gasteiger partial charge in [-0.15, -0.1) is 0 Å². The lowest BCUT2D eigenvalue weighted by Gasteiger charge is -2.12. The maximum atomic E-state index is 12.6. The van der Waals surface area contributed by atoms with Crippen molar-refractivity contribution in [3.8, 4) is 0 Å². The number of benzene rings is 1. The van der Waals surface area contributed by atoms with Crippen LogP contribution in [0.5, 0.6) is 0 Å². The molecule has 0 amide bonds. The van der Waals surface area contributed by atoms with Crippen LogP contribution in [0.4, 0.5) is 18.9 Å². The van der Waals surface area contributed by atoms with Crippen LogP contribution in [-0.4, -0.2) is 25.2 Å². The van der Waals surface area contributed by atoms with Gasteiger partial charge in [0, 0.05) is 11.4 Å². The van der Waals surface area contributed by atoms with Crippen molar-refractivity contribution >= 4 is 33.3 Å². The molecular weight excluding hydrogens is 335 g/mol. The van der Waals surface area contributed by atoms with Gasteiger partial charge in [-0.25, -0.2) is 8.42 Å². The molecular formula is C11H11ClF3NO4S. The summed E-state index contributed by atoms with van der Waals surface area (Å²) in [4.78, 5) is 10.3. The Hall–Kier alpha value is -1.48. The van der Waals surface area contributed by atoms with Gasteiger partial charge in [0.1, 0.15) is 0 Å². The Bertz CT molecular complexity index is 631. The van der Waals surface area contributed by atoms with Crippen LogP contribution < -0.4 is 4.72 Å².